The first-order valence-corrected chi connectivity index (χ1v) is 5.88. The van der Waals surface area contributed by atoms with Gasteiger partial charge in [-0.1, -0.05) is 19.9 Å². The second-order valence-electron chi connectivity index (χ2n) is 4.64. The van der Waals surface area contributed by atoms with Crippen LogP contribution < -0.4 is 5.32 Å². The Morgan fingerprint density at radius 3 is 2.75 bits per heavy atom. The number of aliphatic hydroxyl groups is 1. The highest BCUT2D eigenvalue weighted by atomic mass is 16.3. The number of hydrogen-bond donors (Lipinski definition) is 2. The van der Waals surface area contributed by atoms with Crippen LogP contribution in [-0.2, 0) is 6.54 Å². The van der Waals surface area contributed by atoms with E-state index in [0.29, 0.717) is 5.92 Å². The van der Waals surface area contributed by atoms with E-state index in [-0.39, 0.29) is 12.6 Å². The molecule has 1 atom stereocenters. The van der Waals surface area contributed by atoms with Crippen LogP contribution in [0.1, 0.15) is 31.5 Å². The molecule has 1 heterocycles. The third kappa shape index (κ3) is 4.29. The van der Waals surface area contributed by atoms with Crippen molar-refractivity contribution < 1.29 is 5.11 Å². The largest absolute Gasteiger partial charge is 0.395 e. The molecule has 0 fully saturated rings. The van der Waals surface area contributed by atoms with E-state index in [0.717, 1.165) is 18.7 Å². The minimum absolute atomic E-state index is 0.180. The zero-order valence-corrected chi connectivity index (χ0v) is 10.4. The zero-order valence-electron chi connectivity index (χ0n) is 10.4. The Bertz CT molecular complexity index is 313. The Morgan fingerprint density at radius 2 is 2.19 bits per heavy atom. The Labute approximate surface area is 97.9 Å². The lowest BCUT2D eigenvalue weighted by Gasteiger charge is -2.18. The predicted octanol–water partition coefficient (Wildman–Crippen LogP) is 1.89. The predicted molar refractivity (Wildman–Crippen MR) is 66.1 cm³/mol. The maximum atomic E-state index is 9.24. The van der Waals surface area contributed by atoms with Gasteiger partial charge in [0.15, 0.2) is 0 Å². The van der Waals surface area contributed by atoms with Crippen molar-refractivity contribution in [2.24, 2.45) is 5.92 Å². The monoisotopic (exact) mass is 222 g/mol. The summed E-state index contributed by atoms with van der Waals surface area (Å²) in [5.41, 5.74) is 2.25. The number of aryl methyl sites for hydroxylation is 1. The van der Waals surface area contributed by atoms with Gasteiger partial charge in [-0.3, -0.25) is 4.98 Å². The molecule has 3 nitrogen and oxygen atoms in total. The van der Waals surface area contributed by atoms with Gasteiger partial charge in [0.1, 0.15) is 0 Å². The Morgan fingerprint density at radius 1 is 1.44 bits per heavy atom. The van der Waals surface area contributed by atoms with Gasteiger partial charge in [0.05, 0.1) is 6.61 Å². The average Bonchev–Trinajstić information content (AvgIpc) is 2.25. The van der Waals surface area contributed by atoms with E-state index in [4.69, 9.17) is 0 Å². The Hall–Kier alpha value is -0.930. The molecule has 1 aromatic rings. The van der Waals surface area contributed by atoms with E-state index < -0.39 is 0 Å². The minimum atomic E-state index is 0.180. The normalized spacial score (nSPS) is 13.1. The second-order valence-corrected chi connectivity index (χ2v) is 4.64. The second kappa shape index (κ2) is 6.61. The number of rotatable bonds is 6. The molecule has 16 heavy (non-hydrogen) atoms. The summed E-state index contributed by atoms with van der Waals surface area (Å²) < 4.78 is 0. The van der Waals surface area contributed by atoms with Gasteiger partial charge in [-0.2, -0.15) is 0 Å². The average molecular weight is 222 g/mol. The molecular formula is C13H22N2O. The molecule has 2 N–H and O–H groups in total. The summed E-state index contributed by atoms with van der Waals surface area (Å²) in [6.45, 7) is 7.31. The van der Waals surface area contributed by atoms with Crippen molar-refractivity contribution in [3.63, 3.8) is 0 Å². The molecule has 0 amide bonds. The van der Waals surface area contributed by atoms with Gasteiger partial charge in [0.2, 0.25) is 0 Å². The zero-order chi connectivity index (χ0) is 12.0. The topological polar surface area (TPSA) is 45.2 Å². The van der Waals surface area contributed by atoms with Crippen LogP contribution in [0.2, 0.25) is 0 Å². The molecule has 0 aromatic carbocycles. The molecule has 0 aliphatic rings. The van der Waals surface area contributed by atoms with Crippen molar-refractivity contribution in [3.05, 3.63) is 29.6 Å². The van der Waals surface area contributed by atoms with Gasteiger partial charge >= 0.3 is 0 Å². The van der Waals surface area contributed by atoms with E-state index in [1.165, 1.54) is 5.56 Å². The molecule has 0 spiro atoms. The third-order valence-corrected chi connectivity index (χ3v) is 2.67. The van der Waals surface area contributed by atoms with Crippen molar-refractivity contribution in [2.75, 3.05) is 6.61 Å². The molecular weight excluding hydrogens is 200 g/mol. The first-order chi connectivity index (χ1) is 7.63. The number of pyridine rings is 1. The summed E-state index contributed by atoms with van der Waals surface area (Å²) in [4.78, 5) is 4.24. The molecule has 3 heteroatoms. The maximum Gasteiger partial charge on any atom is 0.0584 e. The van der Waals surface area contributed by atoms with Crippen molar-refractivity contribution in [3.8, 4) is 0 Å². The SMILES string of the molecule is Cc1ncccc1CNC(CO)CC(C)C. The van der Waals surface area contributed by atoms with E-state index in [1.54, 1.807) is 6.20 Å². The van der Waals surface area contributed by atoms with Crippen molar-refractivity contribution >= 4 is 0 Å². The summed E-state index contributed by atoms with van der Waals surface area (Å²) in [7, 11) is 0. The van der Waals surface area contributed by atoms with Crippen molar-refractivity contribution in [2.45, 2.75) is 39.8 Å². The maximum absolute atomic E-state index is 9.24. The first kappa shape index (κ1) is 13.1. The number of nitrogens with one attached hydrogen (secondary N) is 1. The molecule has 1 rings (SSSR count). The Balaban J connectivity index is 2.46. The summed E-state index contributed by atoms with van der Waals surface area (Å²) in [6.07, 6.45) is 2.80. The molecule has 0 aliphatic heterocycles. The van der Waals surface area contributed by atoms with E-state index in [1.807, 2.05) is 13.0 Å². The van der Waals surface area contributed by atoms with Gasteiger partial charge in [0, 0.05) is 24.5 Å². The molecule has 0 saturated carbocycles. The number of aromatic nitrogens is 1. The van der Waals surface area contributed by atoms with Crippen LogP contribution in [0.4, 0.5) is 0 Å². The first-order valence-electron chi connectivity index (χ1n) is 5.88. The molecule has 90 valence electrons. The fraction of sp³-hybridized carbons (Fsp3) is 0.615. The van der Waals surface area contributed by atoms with Gasteiger partial charge in [-0.25, -0.2) is 0 Å². The van der Waals surface area contributed by atoms with Crippen LogP contribution in [0.5, 0.6) is 0 Å². The van der Waals surface area contributed by atoms with Crippen LogP contribution in [0.25, 0.3) is 0 Å². The number of aliphatic hydroxyl groups excluding tert-OH is 1. The van der Waals surface area contributed by atoms with Gasteiger partial charge in [-0.15, -0.1) is 0 Å². The Kier molecular flexibility index (Phi) is 5.43. The van der Waals surface area contributed by atoms with Crippen LogP contribution in [0, 0.1) is 12.8 Å². The van der Waals surface area contributed by atoms with Crippen molar-refractivity contribution in [1.29, 1.82) is 0 Å². The molecule has 1 unspecified atom stereocenters. The lowest BCUT2D eigenvalue weighted by atomic mass is 10.0. The van der Waals surface area contributed by atoms with E-state index in [2.05, 4.69) is 30.2 Å². The van der Waals surface area contributed by atoms with Crippen LogP contribution >= 0.6 is 0 Å². The highest BCUT2D eigenvalue weighted by Crippen LogP contribution is 2.07. The van der Waals surface area contributed by atoms with Gasteiger partial charge in [-0.05, 0) is 30.9 Å². The smallest absolute Gasteiger partial charge is 0.0584 e. The molecule has 0 radical (unpaired) electrons. The van der Waals surface area contributed by atoms with Crippen LogP contribution in [-0.4, -0.2) is 22.7 Å². The summed E-state index contributed by atoms with van der Waals surface area (Å²) in [5.74, 6) is 0.597. The van der Waals surface area contributed by atoms with Gasteiger partial charge in [0.25, 0.3) is 0 Å². The van der Waals surface area contributed by atoms with E-state index in [9.17, 15) is 5.11 Å². The van der Waals surface area contributed by atoms with Crippen molar-refractivity contribution in [1.82, 2.24) is 10.3 Å². The molecule has 1 aromatic heterocycles. The highest BCUT2D eigenvalue weighted by molar-refractivity contribution is 5.17. The molecule has 0 saturated heterocycles. The number of hydrogen-bond acceptors (Lipinski definition) is 3. The standard InChI is InChI=1S/C13H22N2O/c1-10(2)7-13(9-16)15-8-12-5-4-6-14-11(12)3/h4-6,10,13,15-16H,7-9H2,1-3H3. The quantitative estimate of drug-likeness (QED) is 0.772. The van der Waals surface area contributed by atoms with Crippen LogP contribution in [0.15, 0.2) is 18.3 Å². The van der Waals surface area contributed by atoms with E-state index >= 15 is 0 Å². The molecule has 0 aliphatic carbocycles. The summed E-state index contributed by atoms with van der Waals surface area (Å²) in [6, 6.07) is 4.19. The fourth-order valence-electron chi connectivity index (χ4n) is 1.75. The molecule has 0 bridgehead atoms. The minimum Gasteiger partial charge on any atom is -0.395 e. The summed E-state index contributed by atoms with van der Waals surface area (Å²) >= 11 is 0. The van der Waals surface area contributed by atoms with Crippen LogP contribution in [0.3, 0.4) is 0 Å². The highest BCUT2D eigenvalue weighted by Gasteiger charge is 2.09. The third-order valence-electron chi connectivity index (χ3n) is 2.67. The summed E-state index contributed by atoms with van der Waals surface area (Å²) in [5, 5.41) is 12.6. The lowest BCUT2D eigenvalue weighted by molar-refractivity contribution is 0.223. The lowest BCUT2D eigenvalue weighted by Crippen LogP contribution is -2.33. The van der Waals surface area contributed by atoms with Gasteiger partial charge < -0.3 is 10.4 Å². The fourth-order valence-corrected chi connectivity index (χ4v) is 1.75. The number of nitrogens with zero attached hydrogens (tertiary/aromatic N) is 1.